The Kier molecular flexibility index (Phi) is 4.13. The van der Waals surface area contributed by atoms with Crippen molar-refractivity contribution in [2.75, 3.05) is 17.0 Å². The molecule has 1 aromatic rings. The van der Waals surface area contributed by atoms with Crippen LogP contribution in [0.3, 0.4) is 0 Å². The molecule has 0 aliphatic carbocycles. The maximum absolute atomic E-state index is 12.0. The number of anilines is 1. The van der Waals surface area contributed by atoms with E-state index in [-0.39, 0.29) is 11.7 Å². The summed E-state index contributed by atoms with van der Waals surface area (Å²) in [5.41, 5.74) is 1.49. The Morgan fingerprint density at radius 1 is 1.53 bits per heavy atom. The topological polar surface area (TPSA) is 82.0 Å². The van der Waals surface area contributed by atoms with Crippen LogP contribution in [0.2, 0.25) is 0 Å². The summed E-state index contributed by atoms with van der Waals surface area (Å²) in [7, 11) is -3.38. The third-order valence-electron chi connectivity index (χ3n) is 2.84. The zero-order valence-corrected chi connectivity index (χ0v) is 12.6. The first-order valence-electron chi connectivity index (χ1n) is 6.19. The summed E-state index contributed by atoms with van der Waals surface area (Å²) in [5, 5.41) is 12.9. The van der Waals surface area contributed by atoms with Crippen molar-refractivity contribution in [2.24, 2.45) is 5.92 Å². The van der Waals surface area contributed by atoms with Crippen molar-refractivity contribution in [3.05, 3.63) is 16.0 Å². The Hall–Kier alpha value is -1.10. The Morgan fingerprint density at radius 3 is 2.89 bits per heavy atom. The van der Waals surface area contributed by atoms with Crippen LogP contribution < -0.4 is 10.0 Å². The summed E-state index contributed by atoms with van der Waals surface area (Å²) >= 11 is 1.37. The third-order valence-corrected chi connectivity index (χ3v) is 5.74. The van der Waals surface area contributed by atoms with Crippen LogP contribution in [-0.2, 0) is 23.0 Å². The summed E-state index contributed by atoms with van der Waals surface area (Å²) in [6.45, 7) is 5.25. The fourth-order valence-corrected chi connectivity index (χ4v) is 5.06. The fraction of sp³-hybridized carbons (Fsp3) is 0.583. The second kappa shape index (κ2) is 5.49. The molecule has 0 bridgehead atoms. The van der Waals surface area contributed by atoms with Gasteiger partial charge in [-0.2, -0.15) is 5.26 Å². The molecular weight excluding hydrogens is 282 g/mol. The minimum Gasteiger partial charge on any atom is -0.312 e. The van der Waals surface area contributed by atoms with Crippen molar-refractivity contribution in [1.82, 2.24) is 5.32 Å². The molecule has 0 amide bonds. The van der Waals surface area contributed by atoms with Crippen LogP contribution in [0.5, 0.6) is 0 Å². The molecule has 19 heavy (non-hydrogen) atoms. The third kappa shape index (κ3) is 3.26. The summed E-state index contributed by atoms with van der Waals surface area (Å²) < 4.78 is 26.5. The number of sulfonamides is 1. The van der Waals surface area contributed by atoms with E-state index in [0.29, 0.717) is 17.1 Å². The molecule has 0 saturated heterocycles. The van der Waals surface area contributed by atoms with Gasteiger partial charge in [-0.25, -0.2) is 8.42 Å². The molecule has 1 aliphatic heterocycles. The largest absolute Gasteiger partial charge is 0.312 e. The van der Waals surface area contributed by atoms with Crippen molar-refractivity contribution in [1.29, 1.82) is 5.26 Å². The monoisotopic (exact) mass is 299 g/mol. The van der Waals surface area contributed by atoms with Gasteiger partial charge in [0.2, 0.25) is 10.0 Å². The van der Waals surface area contributed by atoms with Gasteiger partial charge in [0.25, 0.3) is 0 Å². The Labute approximate surface area is 117 Å². The predicted octanol–water partition coefficient (Wildman–Crippen LogP) is 1.66. The van der Waals surface area contributed by atoms with Crippen LogP contribution in [0.4, 0.5) is 5.00 Å². The number of fused-ring (bicyclic) bond motifs is 1. The number of hydrogen-bond acceptors (Lipinski definition) is 5. The first kappa shape index (κ1) is 14.3. The fourth-order valence-electron chi connectivity index (χ4n) is 2.15. The van der Waals surface area contributed by atoms with Gasteiger partial charge in [-0.3, -0.25) is 4.72 Å². The minimum atomic E-state index is -3.38. The van der Waals surface area contributed by atoms with E-state index in [1.54, 1.807) is 0 Å². The summed E-state index contributed by atoms with van der Waals surface area (Å²) in [5.74, 6) is 0.123. The van der Waals surface area contributed by atoms with Crippen LogP contribution >= 0.6 is 11.3 Å². The molecule has 2 rings (SSSR count). The van der Waals surface area contributed by atoms with Crippen LogP contribution in [0, 0.1) is 17.2 Å². The average Bonchev–Trinajstić information content (AvgIpc) is 2.62. The highest BCUT2D eigenvalue weighted by Gasteiger charge is 2.23. The zero-order valence-electron chi connectivity index (χ0n) is 11.0. The molecule has 0 radical (unpaired) electrons. The quantitative estimate of drug-likeness (QED) is 0.886. The molecule has 0 fully saturated rings. The molecule has 7 heteroatoms. The molecule has 0 saturated carbocycles. The van der Waals surface area contributed by atoms with Gasteiger partial charge in [0.15, 0.2) is 0 Å². The normalized spacial score (nSPS) is 15.1. The van der Waals surface area contributed by atoms with Gasteiger partial charge in [-0.05, 0) is 24.4 Å². The van der Waals surface area contributed by atoms with E-state index in [4.69, 9.17) is 0 Å². The average molecular weight is 299 g/mol. The van der Waals surface area contributed by atoms with Gasteiger partial charge in [-0.15, -0.1) is 11.3 Å². The van der Waals surface area contributed by atoms with Crippen LogP contribution in [-0.4, -0.2) is 20.7 Å². The van der Waals surface area contributed by atoms with Crippen molar-refractivity contribution in [2.45, 2.75) is 26.8 Å². The van der Waals surface area contributed by atoms with Gasteiger partial charge in [0.05, 0.1) is 11.3 Å². The SMILES string of the molecule is CC(C)CS(=O)(=O)Nc1sc2c(c1C#N)CCNC2. The summed E-state index contributed by atoms with van der Waals surface area (Å²) in [6, 6.07) is 2.14. The van der Waals surface area contributed by atoms with E-state index < -0.39 is 10.0 Å². The highest BCUT2D eigenvalue weighted by atomic mass is 32.2. The van der Waals surface area contributed by atoms with Crippen LogP contribution in [0.15, 0.2) is 0 Å². The molecule has 2 heterocycles. The molecular formula is C12H17N3O2S2. The lowest BCUT2D eigenvalue weighted by molar-refractivity contribution is 0.587. The molecule has 104 valence electrons. The van der Waals surface area contributed by atoms with E-state index in [2.05, 4.69) is 16.1 Å². The highest BCUT2D eigenvalue weighted by molar-refractivity contribution is 7.92. The highest BCUT2D eigenvalue weighted by Crippen LogP contribution is 2.35. The maximum Gasteiger partial charge on any atom is 0.233 e. The molecule has 5 nitrogen and oxygen atoms in total. The number of hydrogen-bond donors (Lipinski definition) is 2. The molecule has 1 aromatic heterocycles. The van der Waals surface area contributed by atoms with Gasteiger partial charge >= 0.3 is 0 Å². The van der Waals surface area contributed by atoms with Crippen molar-refractivity contribution in [3.8, 4) is 6.07 Å². The predicted molar refractivity (Wildman–Crippen MR) is 76.7 cm³/mol. The maximum atomic E-state index is 12.0. The lowest BCUT2D eigenvalue weighted by Gasteiger charge is -2.11. The second-order valence-electron chi connectivity index (χ2n) is 5.02. The Morgan fingerprint density at radius 2 is 2.26 bits per heavy atom. The lowest BCUT2D eigenvalue weighted by Crippen LogP contribution is -2.22. The second-order valence-corrected chi connectivity index (χ2v) is 7.90. The first-order chi connectivity index (χ1) is 8.93. The van der Waals surface area contributed by atoms with E-state index >= 15 is 0 Å². The smallest absolute Gasteiger partial charge is 0.233 e. The minimum absolute atomic E-state index is 0.0549. The van der Waals surface area contributed by atoms with E-state index in [1.807, 2.05) is 13.8 Å². The lowest BCUT2D eigenvalue weighted by atomic mass is 10.1. The Balaban J connectivity index is 2.31. The van der Waals surface area contributed by atoms with Crippen LogP contribution in [0.25, 0.3) is 0 Å². The van der Waals surface area contributed by atoms with Crippen molar-refractivity contribution in [3.63, 3.8) is 0 Å². The molecule has 0 atom stereocenters. The molecule has 0 unspecified atom stereocenters. The van der Waals surface area contributed by atoms with Gasteiger partial charge in [0, 0.05) is 11.4 Å². The zero-order chi connectivity index (χ0) is 14.0. The Bertz CT molecular complexity index is 612. The van der Waals surface area contributed by atoms with Crippen molar-refractivity contribution >= 4 is 26.4 Å². The van der Waals surface area contributed by atoms with E-state index in [1.165, 1.54) is 11.3 Å². The summed E-state index contributed by atoms with van der Waals surface area (Å²) in [6.07, 6.45) is 0.778. The van der Waals surface area contributed by atoms with Gasteiger partial charge in [-0.1, -0.05) is 13.8 Å². The molecule has 0 spiro atoms. The first-order valence-corrected chi connectivity index (χ1v) is 8.65. The summed E-state index contributed by atoms with van der Waals surface area (Å²) in [4.78, 5) is 1.06. The number of rotatable bonds is 4. The van der Waals surface area contributed by atoms with E-state index in [0.717, 1.165) is 23.4 Å². The van der Waals surface area contributed by atoms with Crippen molar-refractivity contribution < 1.29 is 8.42 Å². The number of nitrogens with one attached hydrogen (secondary N) is 2. The number of nitriles is 1. The van der Waals surface area contributed by atoms with Crippen LogP contribution in [0.1, 0.15) is 29.9 Å². The van der Waals surface area contributed by atoms with E-state index in [9.17, 15) is 13.7 Å². The molecule has 2 N–H and O–H groups in total. The molecule has 1 aliphatic rings. The van der Waals surface area contributed by atoms with Gasteiger partial charge < -0.3 is 5.32 Å². The number of thiophene rings is 1. The van der Waals surface area contributed by atoms with Gasteiger partial charge in [0.1, 0.15) is 11.1 Å². The molecule has 0 aromatic carbocycles. The number of nitrogens with zero attached hydrogens (tertiary/aromatic N) is 1. The standard InChI is InChI=1S/C12H17N3O2S2/c1-8(2)7-19(16,17)15-12-10(5-13)9-3-4-14-6-11(9)18-12/h8,14-15H,3-4,6-7H2,1-2H3.